The minimum absolute atomic E-state index is 0. The summed E-state index contributed by atoms with van der Waals surface area (Å²) >= 11 is 0. The van der Waals surface area contributed by atoms with Crippen molar-refractivity contribution >= 4 is 34.0 Å². The molecule has 0 aromatic heterocycles. The van der Waals surface area contributed by atoms with Crippen molar-refractivity contribution in [3.05, 3.63) is 24.3 Å². The van der Waals surface area contributed by atoms with Gasteiger partial charge in [-0.3, -0.25) is 4.79 Å². The Morgan fingerprint density at radius 1 is 1.22 bits per heavy atom. The molecule has 1 amide bonds. The zero-order valence-electron chi connectivity index (χ0n) is 13.5. The van der Waals surface area contributed by atoms with Crippen molar-refractivity contribution in [2.45, 2.75) is 50.1 Å². The van der Waals surface area contributed by atoms with Gasteiger partial charge >= 0.3 is 0 Å². The number of nitrogens with one attached hydrogen (secondary N) is 3. The highest BCUT2D eigenvalue weighted by Gasteiger charge is 2.23. The lowest BCUT2D eigenvalue weighted by molar-refractivity contribution is -0.117. The summed E-state index contributed by atoms with van der Waals surface area (Å²) in [6.45, 7) is 6.21. The summed E-state index contributed by atoms with van der Waals surface area (Å²) in [5, 5.41) is 5.91. The minimum Gasteiger partial charge on any atom is -0.325 e. The number of benzene rings is 1. The van der Waals surface area contributed by atoms with Gasteiger partial charge in [-0.05, 0) is 64.4 Å². The maximum absolute atomic E-state index is 12.2. The molecule has 1 aromatic rings. The highest BCUT2D eigenvalue weighted by atomic mass is 35.5. The standard InChI is InChI=1S/C15H23N3O3S.ClH/c1-15(2,3)18-22(20,21)12-8-6-11(7-9-12)17-14(19)13-5-4-10-16-13;/h6-9,13,16,18H,4-5,10H2,1-3H3,(H,17,19);1H/t13-;/m0./s1. The molecule has 0 spiro atoms. The molecular weight excluding hydrogens is 338 g/mol. The summed E-state index contributed by atoms with van der Waals surface area (Å²) in [4.78, 5) is 12.2. The third kappa shape index (κ3) is 5.76. The fourth-order valence-electron chi connectivity index (χ4n) is 2.32. The van der Waals surface area contributed by atoms with Gasteiger partial charge in [0.25, 0.3) is 0 Å². The molecule has 0 bridgehead atoms. The van der Waals surface area contributed by atoms with Crippen LogP contribution < -0.4 is 15.4 Å². The summed E-state index contributed by atoms with van der Waals surface area (Å²) < 4.78 is 27.0. The Labute approximate surface area is 143 Å². The third-order valence-electron chi connectivity index (χ3n) is 3.25. The molecule has 0 saturated carbocycles. The number of amides is 1. The molecule has 0 aliphatic carbocycles. The van der Waals surface area contributed by atoms with Crippen molar-refractivity contribution in [3.8, 4) is 0 Å². The highest BCUT2D eigenvalue weighted by Crippen LogP contribution is 2.17. The first-order chi connectivity index (χ1) is 10.2. The van der Waals surface area contributed by atoms with Gasteiger partial charge in [-0.2, -0.15) is 0 Å². The van der Waals surface area contributed by atoms with Crippen LogP contribution in [0.15, 0.2) is 29.2 Å². The highest BCUT2D eigenvalue weighted by molar-refractivity contribution is 7.89. The molecule has 1 heterocycles. The van der Waals surface area contributed by atoms with Gasteiger partial charge in [0.2, 0.25) is 15.9 Å². The molecule has 1 aliphatic rings. The van der Waals surface area contributed by atoms with Crippen molar-refractivity contribution in [3.63, 3.8) is 0 Å². The smallest absolute Gasteiger partial charge is 0.241 e. The second-order valence-corrected chi connectivity index (χ2v) is 8.20. The van der Waals surface area contributed by atoms with Crippen LogP contribution in [0.1, 0.15) is 33.6 Å². The van der Waals surface area contributed by atoms with Crippen molar-refractivity contribution in [2.24, 2.45) is 0 Å². The van der Waals surface area contributed by atoms with E-state index in [-0.39, 0.29) is 29.3 Å². The molecule has 1 atom stereocenters. The zero-order valence-corrected chi connectivity index (χ0v) is 15.2. The topological polar surface area (TPSA) is 87.3 Å². The lowest BCUT2D eigenvalue weighted by Crippen LogP contribution is -2.40. The molecule has 3 N–H and O–H groups in total. The van der Waals surface area contributed by atoms with Gasteiger partial charge in [0, 0.05) is 11.2 Å². The number of carbonyl (C=O) groups is 1. The van der Waals surface area contributed by atoms with Crippen LogP contribution in [0.4, 0.5) is 5.69 Å². The van der Waals surface area contributed by atoms with Crippen LogP contribution in [0.25, 0.3) is 0 Å². The van der Waals surface area contributed by atoms with E-state index in [1.54, 1.807) is 32.9 Å². The van der Waals surface area contributed by atoms with E-state index < -0.39 is 15.6 Å². The van der Waals surface area contributed by atoms with E-state index in [1.807, 2.05) is 0 Å². The molecule has 1 saturated heterocycles. The van der Waals surface area contributed by atoms with Crippen LogP contribution in [0.5, 0.6) is 0 Å². The molecule has 1 fully saturated rings. The molecule has 6 nitrogen and oxygen atoms in total. The maximum Gasteiger partial charge on any atom is 0.241 e. The first-order valence-corrected chi connectivity index (χ1v) is 8.84. The van der Waals surface area contributed by atoms with Gasteiger partial charge in [0.1, 0.15) is 0 Å². The Kier molecular flexibility index (Phi) is 6.59. The first-order valence-electron chi connectivity index (χ1n) is 7.36. The van der Waals surface area contributed by atoms with Gasteiger partial charge in [-0.1, -0.05) is 0 Å². The predicted molar refractivity (Wildman–Crippen MR) is 93.4 cm³/mol. The van der Waals surface area contributed by atoms with E-state index in [1.165, 1.54) is 12.1 Å². The van der Waals surface area contributed by atoms with Crippen LogP contribution in [0.2, 0.25) is 0 Å². The number of hydrogen-bond donors (Lipinski definition) is 3. The normalized spacial score (nSPS) is 18.3. The molecule has 0 radical (unpaired) electrons. The third-order valence-corrected chi connectivity index (χ3v) is 5.02. The Morgan fingerprint density at radius 3 is 2.30 bits per heavy atom. The van der Waals surface area contributed by atoms with E-state index in [4.69, 9.17) is 0 Å². The number of sulfonamides is 1. The molecule has 1 aromatic carbocycles. The summed E-state index contributed by atoms with van der Waals surface area (Å²) in [5.41, 5.74) is 0.0493. The molecule has 8 heteroatoms. The van der Waals surface area contributed by atoms with Gasteiger partial charge in [-0.25, -0.2) is 13.1 Å². The van der Waals surface area contributed by atoms with E-state index in [2.05, 4.69) is 15.4 Å². The predicted octanol–water partition coefficient (Wildman–Crippen LogP) is 1.88. The van der Waals surface area contributed by atoms with Crippen molar-refractivity contribution in [2.75, 3.05) is 11.9 Å². The van der Waals surface area contributed by atoms with Gasteiger partial charge in [0.05, 0.1) is 10.9 Å². The quantitative estimate of drug-likeness (QED) is 0.764. The monoisotopic (exact) mass is 361 g/mol. The Bertz CT molecular complexity index is 633. The minimum atomic E-state index is -3.55. The Balaban J connectivity index is 0.00000264. The fourth-order valence-corrected chi connectivity index (χ4v) is 3.74. The summed E-state index contributed by atoms with van der Waals surface area (Å²) in [7, 11) is -3.55. The maximum atomic E-state index is 12.2. The number of halogens is 1. The number of hydrogen-bond acceptors (Lipinski definition) is 4. The number of carbonyl (C=O) groups excluding carboxylic acids is 1. The van der Waals surface area contributed by atoms with Crippen molar-refractivity contribution in [1.82, 2.24) is 10.0 Å². The van der Waals surface area contributed by atoms with Crippen LogP contribution in [-0.2, 0) is 14.8 Å². The summed E-state index contributed by atoms with van der Waals surface area (Å²) in [5.74, 6) is -0.0825. The van der Waals surface area contributed by atoms with Crippen LogP contribution in [0.3, 0.4) is 0 Å². The average Bonchev–Trinajstić information content (AvgIpc) is 2.90. The summed E-state index contributed by atoms with van der Waals surface area (Å²) in [6, 6.07) is 6.03. The molecule has 1 aliphatic heterocycles. The molecule has 130 valence electrons. The SMILES string of the molecule is CC(C)(C)NS(=O)(=O)c1ccc(NC(=O)[C@@H]2CCCN2)cc1.Cl. The van der Waals surface area contributed by atoms with Gasteiger partial charge in [-0.15, -0.1) is 12.4 Å². The van der Waals surface area contributed by atoms with E-state index in [0.29, 0.717) is 5.69 Å². The Hall–Kier alpha value is -1.15. The van der Waals surface area contributed by atoms with E-state index >= 15 is 0 Å². The van der Waals surface area contributed by atoms with Gasteiger partial charge < -0.3 is 10.6 Å². The van der Waals surface area contributed by atoms with Crippen molar-refractivity contribution < 1.29 is 13.2 Å². The molecule has 0 unspecified atom stereocenters. The van der Waals surface area contributed by atoms with Crippen LogP contribution >= 0.6 is 12.4 Å². The molecule has 23 heavy (non-hydrogen) atoms. The van der Waals surface area contributed by atoms with Crippen LogP contribution in [0, 0.1) is 0 Å². The second-order valence-electron chi connectivity index (χ2n) is 6.52. The lowest BCUT2D eigenvalue weighted by atomic mass is 10.1. The van der Waals surface area contributed by atoms with E-state index in [0.717, 1.165) is 19.4 Å². The first kappa shape index (κ1) is 19.9. The average molecular weight is 362 g/mol. The van der Waals surface area contributed by atoms with Crippen LogP contribution in [-0.4, -0.2) is 32.5 Å². The van der Waals surface area contributed by atoms with E-state index in [9.17, 15) is 13.2 Å². The number of rotatable bonds is 4. The lowest BCUT2D eigenvalue weighted by Gasteiger charge is -2.20. The van der Waals surface area contributed by atoms with Gasteiger partial charge in [0.15, 0.2) is 0 Å². The Morgan fingerprint density at radius 2 is 1.83 bits per heavy atom. The molecule has 2 rings (SSSR count). The zero-order chi connectivity index (χ0) is 16.4. The summed E-state index contributed by atoms with van der Waals surface area (Å²) in [6.07, 6.45) is 1.82. The molecular formula is C15H24ClN3O3S. The second kappa shape index (κ2) is 7.61. The largest absolute Gasteiger partial charge is 0.325 e. The van der Waals surface area contributed by atoms with Crippen molar-refractivity contribution in [1.29, 1.82) is 0 Å². The number of anilines is 1. The fraction of sp³-hybridized carbons (Fsp3) is 0.533.